The molecule has 0 saturated heterocycles. The summed E-state index contributed by atoms with van der Waals surface area (Å²) in [4.78, 5) is 0. The van der Waals surface area contributed by atoms with E-state index in [0.717, 1.165) is 0 Å². The highest BCUT2D eigenvalue weighted by atomic mass is 28.4. The zero-order valence-corrected chi connectivity index (χ0v) is 13.7. The van der Waals surface area contributed by atoms with E-state index < -0.39 is 26.4 Å². The van der Waals surface area contributed by atoms with E-state index in [9.17, 15) is 13.9 Å². The van der Waals surface area contributed by atoms with Crippen molar-refractivity contribution in [2.75, 3.05) is 0 Å². The molecule has 0 amide bonds. The van der Waals surface area contributed by atoms with Crippen LogP contribution >= 0.6 is 0 Å². The molecule has 0 aliphatic heterocycles. The summed E-state index contributed by atoms with van der Waals surface area (Å²) in [6, 6.07) is 0. The van der Waals surface area contributed by atoms with E-state index in [1.54, 1.807) is 13.8 Å². The number of aliphatic hydroxyl groups is 1. The van der Waals surface area contributed by atoms with Gasteiger partial charge in [0.25, 0.3) is 6.43 Å². The van der Waals surface area contributed by atoms with Crippen molar-refractivity contribution in [1.29, 1.82) is 0 Å². The minimum absolute atomic E-state index is 0.150. The Morgan fingerprint density at radius 3 is 1.72 bits per heavy atom. The lowest BCUT2D eigenvalue weighted by atomic mass is 9.91. The van der Waals surface area contributed by atoms with Crippen molar-refractivity contribution in [3.05, 3.63) is 0 Å². The van der Waals surface area contributed by atoms with Gasteiger partial charge in [-0.25, -0.2) is 8.78 Å². The number of hydrogen-bond acceptors (Lipinski definition) is 2. The minimum Gasteiger partial charge on any atom is -0.405 e. The maximum atomic E-state index is 13.2. The Hall–Kier alpha value is -0.00312. The highest BCUT2D eigenvalue weighted by molar-refractivity contribution is 6.74. The normalized spacial score (nSPS) is 16.2. The fourth-order valence-corrected chi connectivity index (χ4v) is 2.85. The molecule has 0 fully saturated rings. The molecule has 0 aliphatic rings. The summed E-state index contributed by atoms with van der Waals surface area (Å²) < 4.78 is 32.2. The van der Waals surface area contributed by atoms with Gasteiger partial charge in [0.15, 0.2) is 8.32 Å². The molecule has 0 aliphatic carbocycles. The van der Waals surface area contributed by atoms with Crippen molar-refractivity contribution in [3.8, 4) is 0 Å². The van der Waals surface area contributed by atoms with Gasteiger partial charge in [0, 0.05) is 0 Å². The van der Waals surface area contributed by atoms with Gasteiger partial charge in [-0.2, -0.15) is 0 Å². The highest BCUT2D eigenvalue weighted by Crippen LogP contribution is 2.40. The minimum atomic E-state index is -2.66. The van der Waals surface area contributed by atoms with Crippen molar-refractivity contribution in [1.82, 2.24) is 0 Å². The third-order valence-electron chi connectivity index (χ3n) is 4.21. The van der Waals surface area contributed by atoms with E-state index >= 15 is 0 Å². The van der Waals surface area contributed by atoms with Gasteiger partial charge < -0.3 is 9.53 Å². The summed E-state index contributed by atoms with van der Waals surface area (Å²) >= 11 is 0. The van der Waals surface area contributed by atoms with E-state index in [0.29, 0.717) is 0 Å². The average molecular weight is 282 g/mol. The zero-order valence-electron chi connectivity index (χ0n) is 12.7. The lowest BCUT2D eigenvalue weighted by molar-refractivity contribution is -0.133. The molecule has 0 radical (unpaired) electrons. The second-order valence-electron chi connectivity index (χ2n) is 6.44. The molecule has 0 aromatic rings. The van der Waals surface area contributed by atoms with Gasteiger partial charge in [-0.15, -0.1) is 0 Å². The Bertz CT molecular complexity index is 258. The summed E-state index contributed by atoms with van der Waals surface area (Å²) in [5, 5.41) is 10.2. The van der Waals surface area contributed by atoms with Crippen LogP contribution in [0.15, 0.2) is 0 Å². The molecule has 18 heavy (non-hydrogen) atoms. The molecule has 0 saturated carbocycles. The number of alkyl halides is 2. The Labute approximate surface area is 111 Å². The van der Waals surface area contributed by atoms with E-state index in [1.807, 2.05) is 33.9 Å². The fraction of sp³-hybridized carbons (Fsp3) is 1.00. The van der Waals surface area contributed by atoms with Crippen LogP contribution in [0.25, 0.3) is 0 Å². The zero-order chi connectivity index (χ0) is 14.8. The maximum absolute atomic E-state index is 13.2. The first-order valence-electron chi connectivity index (χ1n) is 6.59. The largest absolute Gasteiger partial charge is 0.405 e. The molecule has 0 bridgehead atoms. The predicted octanol–water partition coefficient (Wildman–Crippen LogP) is 4.19. The molecule has 1 atom stereocenters. The molecule has 0 heterocycles. The summed E-state index contributed by atoms with van der Waals surface area (Å²) in [6.07, 6.45) is -3.52. The van der Waals surface area contributed by atoms with E-state index in [4.69, 9.17) is 4.43 Å². The predicted molar refractivity (Wildman–Crippen MR) is 73.6 cm³/mol. The van der Waals surface area contributed by atoms with Crippen LogP contribution in [0.3, 0.4) is 0 Å². The first-order valence-corrected chi connectivity index (χ1v) is 9.50. The average Bonchev–Trinajstić information content (AvgIpc) is 2.23. The lowest BCUT2D eigenvalue weighted by Crippen LogP contribution is -2.55. The highest BCUT2D eigenvalue weighted by Gasteiger charge is 2.47. The van der Waals surface area contributed by atoms with Crippen LogP contribution in [-0.4, -0.2) is 31.6 Å². The monoisotopic (exact) mass is 282 g/mol. The molecule has 0 aromatic heterocycles. The Morgan fingerprint density at radius 1 is 1.11 bits per heavy atom. The van der Waals surface area contributed by atoms with Gasteiger partial charge in [0.05, 0.1) is 5.60 Å². The van der Waals surface area contributed by atoms with Crippen molar-refractivity contribution < 1.29 is 18.3 Å². The Balaban J connectivity index is 5.19. The van der Waals surface area contributed by atoms with Crippen LogP contribution < -0.4 is 0 Å². The maximum Gasteiger partial charge on any atom is 0.265 e. The molecule has 0 rings (SSSR count). The molecule has 0 spiro atoms. The first-order chi connectivity index (χ1) is 7.91. The summed E-state index contributed by atoms with van der Waals surface area (Å²) in [5.74, 6) is 0. The van der Waals surface area contributed by atoms with Crippen LogP contribution in [0.4, 0.5) is 8.78 Å². The molecule has 5 heteroatoms. The van der Waals surface area contributed by atoms with Gasteiger partial charge >= 0.3 is 0 Å². The molecule has 110 valence electrons. The first kappa shape index (κ1) is 18.0. The van der Waals surface area contributed by atoms with Crippen LogP contribution in [-0.2, 0) is 4.43 Å². The van der Waals surface area contributed by atoms with Crippen molar-refractivity contribution >= 4 is 8.32 Å². The quantitative estimate of drug-likeness (QED) is 0.740. The second kappa shape index (κ2) is 5.97. The third-order valence-corrected chi connectivity index (χ3v) is 8.67. The summed E-state index contributed by atoms with van der Waals surface area (Å²) in [6.45, 7) is 13.3. The second-order valence-corrected chi connectivity index (χ2v) is 11.2. The third kappa shape index (κ3) is 4.00. The van der Waals surface area contributed by atoms with Crippen molar-refractivity contribution in [2.24, 2.45) is 0 Å². The topological polar surface area (TPSA) is 29.5 Å². The van der Waals surface area contributed by atoms with Gasteiger partial charge in [-0.1, -0.05) is 34.6 Å². The Kier molecular flexibility index (Phi) is 5.97. The SMILES string of the molecule is CCC(O)(CC)C(O[Si](C)(C)C(C)(C)C)C(F)F. The van der Waals surface area contributed by atoms with Gasteiger partial charge in [0.2, 0.25) is 0 Å². The smallest absolute Gasteiger partial charge is 0.265 e. The number of hydrogen-bond donors (Lipinski definition) is 1. The fourth-order valence-electron chi connectivity index (χ4n) is 1.54. The van der Waals surface area contributed by atoms with Crippen molar-refractivity contribution in [3.63, 3.8) is 0 Å². The van der Waals surface area contributed by atoms with E-state index in [1.165, 1.54) is 0 Å². The standard InChI is InChI=1S/C13H28F2O2Si/c1-8-13(16,9-2)10(11(14)15)17-18(6,7)12(3,4)5/h10-11,16H,8-9H2,1-7H3. The van der Waals surface area contributed by atoms with Gasteiger partial charge in [0.1, 0.15) is 6.10 Å². The van der Waals surface area contributed by atoms with Crippen LogP contribution in [0.1, 0.15) is 47.5 Å². The summed E-state index contributed by atoms with van der Waals surface area (Å²) in [7, 11) is -2.31. The van der Waals surface area contributed by atoms with E-state index in [2.05, 4.69) is 0 Å². The van der Waals surface area contributed by atoms with Gasteiger partial charge in [-0.3, -0.25) is 0 Å². The Morgan fingerprint density at radius 2 is 1.50 bits per heavy atom. The summed E-state index contributed by atoms with van der Waals surface area (Å²) in [5.41, 5.74) is -1.44. The molecule has 0 aromatic carbocycles. The van der Waals surface area contributed by atoms with E-state index in [-0.39, 0.29) is 17.9 Å². The number of rotatable bonds is 6. The van der Waals surface area contributed by atoms with Gasteiger partial charge in [-0.05, 0) is 31.0 Å². The van der Waals surface area contributed by atoms with Crippen LogP contribution in [0.5, 0.6) is 0 Å². The molecular formula is C13H28F2O2Si. The molecule has 1 unspecified atom stereocenters. The molecular weight excluding hydrogens is 254 g/mol. The van der Waals surface area contributed by atoms with Crippen LogP contribution in [0, 0.1) is 0 Å². The van der Waals surface area contributed by atoms with Crippen LogP contribution in [0.2, 0.25) is 18.1 Å². The van der Waals surface area contributed by atoms with Crippen molar-refractivity contribution in [2.45, 2.75) is 83.7 Å². The lowest BCUT2D eigenvalue weighted by Gasteiger charge is -2.43. The molecule has 1 N–H and O–H groups in total. The number of halogens is 2. The molecule has 2 nitrogen and oxygen atoms in total.